The van der Waals surface area contributed by atoms with Crippen molar-refractivity contribution in [2.24, 2.45) is 0 Å². The lowest BCUT2D eigenvalue weighted by molar-refractivity contribution is -0.136. The van der Waals surface area contributed by atoms with Gasteiger partial charge in [0.1, 0.15) is 6.29 Å². The molecule has 100 valence electrons. The van der Waals surface area contributed by atoms with Crippen LogP contribution in [0.3, 0.4) is 0 Å². The molecule has 6 heteroatoms. The smallest absolute Gasteiger partial charge is 0.303 e. The lowest BCUT2D eigenvalue weighted by Gasteiger charge is -2.08. The van der Waals surface area contributed by atoms with E-state index in [0.717, 1.165) is 0 Å². The third kappa shape index (κ3) is 4.73. The normalized spacial score (nSPS) is 8.83. The van der Waals surface area contributed by atoms with Crippen molar-refractivity contribution >= 4 is 12.3 Å². The van der Waals surface area contributed by atoms with E-state index in [2.05, 4.69) is 0 Å². The van der Waals surface area contributed by atoms with Crippen LogP contribution in [0, 0.1) is 0 Å². The topological polar surface area (TPSA) is 93.1 Å². The van der Waals surface area contributed by atoms with Gasteiger partial charge in [-0.25, -0.2) is 0 Å². The van der Waals surface area contributed by atoms with E-state index in [0.29, 0.717) is 11.8 Å². The SMILES string of the molecule is CCC(=O)O.COc1cc(C=O)cc(OC)c1O. The second-order valence-corrected chi connectivity index (χ2v) is 3.14. The molecule has 1 aromatic carbocycles. The first kappa shape index (κ1) is 15.8. The summed E-state index contributed by atoms with van der Waals surface area (Å²) in [5, 5.41) is 17.2. The van der Waals surface area contributed by atoms with Crippen LogP contribution in [0.2, 0.25) is 0 Å². The second-order valence-electron chi connectivity index (χ2n) is 3.14. The first-order valence-corrected chi connectivity index (χ1v) is 5.12. The van der Waals surface area contributed by atoms with Crippen LogP contribution < -0.4 is 9.47 Å². The van der Waals surface area contributed by atoms with Crippen molar-refractivity contribution in [1.29, 1.82) is 0 Å². The Bertz CT molecular complexity index is 388. The van der Waals surface area contributed by atoms with Crippen molar-refractivity contribution in [1.82, 2.24) is 0 Å². The summed E-state index contributed by atoms with van der Waals surface area (Å²) < 4.78 is 9.68. The molecule has 1 rings (SSSR count). The van der Waals surface area contributed by atoms with E-state index in [4.69, 9.17) is 14.6 Å². The van der Waals surface area contributed by atoms with E-state index >= 15 is 0 Å². The fourth-order valence-corrected chi connectivity index (χ4v) is 0.982. The van der Waals surface area contributed by atoms with E-state index in [9.17, 15) is 14.7 Å². The number of carboxylic acid groups (broad SMARTS) is 1. The number of ether oxygens (including phenoxy) is 2. The Kier molecular flexibility index (Phi) is 6.95. The molecule has 0 spiro atoms. The molecule has 0 heterocycles. The van der Waals surface area contributed by atoms with Crippen LogP contribution in [0.4, 0.5) is 0 Å². The van der Waals surface area contributed by atoms with Gasteiger partial charge >= 0.3 is 5.97 Å². The van der Waals surface area contributed by atoms with E-state index in [1.54, 1.807) is 6.92 Å². The average molecular weight is 256 g/mol. The molecule has 0 fully saturated rings. The van der Waals surface area contributed by atoms with Crippen molar-refractivity contribution < 1.29 is 29.3 Å². The van der Waals surface area contributed by atoms with Crippen molar-refractivity contribution in [3.8, 4) is 17.2 Å². The largest absolute Gasteiger partial charge is 0.502 e. The Morgan fingerprint density at radius 2 is 1.67 bits per heavy atom. The molecule has 2 N–H and O–H groups in total. The molecule has 0 amide bonds. The standard InChI is InChI=1S/C9H10O4.C3H6O2/c1-12-7-3-6(5-10)4-8(13-2)9(7)11;1-2-3(4)5/h3-5,11H,1-2H3;2H2,1H3,(H,4,5). The van der Waals surface area contributed by atoms with Gasteiger partial charge < -0.3 is 19.7 Å². The van der Waals surface area contributed by atoms with E-state index < -0.39 is 5.97 Å². The lowest BCUT2D eigenvalue weighted by atomic mass is 10.2. The molecule has 18 heavy (non-hydrogen) atoms. The van der Waals surface area contributed by atoms with E-state index in [-0.39, 0.29) is 23.7 Å². The first-order valence-electron chi connectivity index (χ1n) is 5.12. The minimum Gasteiger partial charge on any atom is -0.502 e. The highest BCUT2D eigenvalue weighted by Crippen LogP contribution is 2.36. The van der Waals surface area contributed by atoms with Gasteiger partial charge in [0.2, 0.25) is 5.75 Å². The quantitative estimate of drug-likeness (QED) is 0.796. The number of aldehydes is 1. The number of carbonyl (C=O) groups is 2. The molecule has 0 saturated carbocycles. The Balaban J connectivity index is 0.000000494. The summed E-state index contributed by atoms with van der Waals surface area (Å²) >= 11 is 0. The van der Waals surface area contributed by atoms with Crippen molar-refractivity contribution in [2.45, 2.75) is 13.3 Å². The number of carbonyl (C=O) groups excluding carboxylic acids is 1. The van der Waals surface area contributed by atoms with Crippen LogP contribution in [0.1, 0.15) is 23.7 Å². The van der Waals surface area contributed by atoms with Crippen LogP contribution in [-0.4, -0.2) is 36.7 Å². The fourth-order valence-electron chi connectivity index (χ4n) is 0.982. The van der Waals surface area contributed by atoms with Crippen molar-refractivity contribution in [2.75, 3.05) is 14.2 Å². The molecule has 0 saturated heterocycles. The Morgan fingerprint density at radius 3 is 1.89 bits per heavy atom. The first-order chi connectivity index (χ1) is 8.49. The van der Waals surface area contributed by atoms with Crippen molar-refractivity contribution in [3.63, 3.8) is 0 Å². The highest BCUT2D eigenvalue weighted by atomic mass is 16.5. The summed E-state index contributed by atoms with van der Waals surface area (Å²) in [4.78, 5) is 19.8. The third-order valence-electron chi connectivity index (χ3n) is 1.94. The number of methoxy groups -OCH3 is 2. The van der Waals surface area contributed by atoms with Gasteiger partial charge in [-0.3, -0.25) is 9.59 Å². The maximum Gasteiger partial charge on any atom is 0.303 e. The maximum absolute atomic E-state index is 10.5. The molecule has 0 aromatic heterocycles. The predicted octanol–water partition coefficient (Wildman–Crippen LogP) is 1.70. The van der Waals surface area contributed by atoms with Crippen LogP contribution >= 0.6 is 0 Å². The van der Waals surface area contributed by atoms with Gasteiger partial charge in [-0.2, -0.15) is 0 Å². The van der Waals surface area contributed by atoms with Crippen LogP contribution in [0.25, 0.3) is 0 Å². The lowest BCUT2D eigenvalue weighted by Crippen LogP contribution is -1.91. The molecule has 1 aromatic rings. The minimum atomic E-state index is -0.745. The maximum atomic E-state index is 10.5. The van der Waals surface area contributed by atoms with Gasteiger partial charge in [0.25, 0.3) is 0 Å². The highest BCUT2D eigenvalue weighted by molar-refractivity contribution is 5.78. The van der Waals surface area contributed by atoms with Gasteiger partial charge in [-0.1, -0.05) is 6.92 Å². The van der Waals surface area contributed by atoms with Crippen molar-refractivity contribution in [3.05, 3.63) is 17.7 Å². The van der Waals surface area contributed by atoms with Gasteiger partial charge in [-0.05, 0) is 12.1 Å². The Morgan fingerprint density at radius 1 is 1.28 bits per heavy atom. The molecule has 0 aliphatic rings. The fraction of sp³-hybridized carbons (Fsp3) is 0.333. The molecule has 0 unspecified atom stereocenters. The summed E-state index contributed by atoms with van der Waals surface area (Å²) in [5.74, 6) is -0.400. The molecule has 0 bridgehead atoms. The third-order valence-corrected chi connectivity index (χ3v) is 1.94. The summed E-state index contributed by atoms with van der Waals surface area (Å²) in [6.07, 6.45) is 0.879. The average Bonchev–Trinajstić information content (AvgIpc) is 2.39. The van der Waals surface area contributed by atoms with Crippen LogP contribution in [-0.2, 0) is 4.79 Å². The van der Waals surface area contributed by atoms with Crippen LogP contribution in [0.5, 0.6) is 17.2 Å². The second kappa shape index (κ2) is 7.94. The molecule has 0 radical (unpaired) electrons. The number of phenolic OH excluding ortho intramolecular Hbond substituents is 1. The molecular weight excluding hydrogens is 240 g/mol. The van der Waals surface area contributed by atoms with Gasteiger partial charge in [0, 0.05) is 12.0 Å². The molecule has 0 aliphatic carbocycles. The molecule has 0 aliphatic heterocycles. The number of aliphatic carboxylic acids is 1. The van der Waals surface area contributed by atoms with E-state index in [1.807, 2.05) is 0 Å². The molecule has 6 nitrogen and oxygen atoms in total. The van der Waals surface area contributed by atoms with E-state index in [1.165, 1.54) is 26.4 Å². The molecular formula is C12H16O6. The summed E-state index contributed by atoms with van der Waals surface area (Å²) in [7, 11) is 2.81. The highest BCUT2D eigenvalue weighted by Gasteiger charge is 2.10. The number of aromatic hydroxyl groups is 1. The number of hydrogen-bond acceptors (Lipinski definition) is 5. The van der Waals surface area contributed by atoms with Gasteiger partial charge in [-0.15, -0.1) is 0 Å². The molecule has 0 atom stereocenters. The number of carboxylic acids is 1. The monoisotopic (exact) mass is 256 g/mol. The zero-order valence-electron chi connectivity index (χ0n) is 10.5. The number of benzene rings is 1. The minimum absolute atomic E-state index is 0.101. The summed E-state index contributed by atoms with van der Waals surface area (Å²) in [6, 6.07) is 2.87. The Labute approximate surface area is 105 Å². The van der Waals surface area contributed by atoms with Crippen LogP contribution in [0.15, 0.2) is 12.1 Å². The summed E-state index contributed by atoms with van der Waals surface area (Å²) in [5.41, 5.74) is 0.395. The van der Waals surface area contributed by atoms with Gasteiger partial charge in [0.15, 0.2) is 11.5 Å². The number of hydrogen-bond donors (Lipinski definition) is 2. The number of phenols is 1. The number of rotatable bonds is 4. The summed E-state index contributed by atoms with van der Waals surface area (Å²) in [6.45, 7) is 1.60. The Hall–Kier alpha value is -2.24. The predicted molar refractivity (Wildman–Crippen MR) is 64.5 cm³/mol. The van der Waals surface area contributed by atoms with Gasteiger partial charge in [0.05, 0.1) is 14.2 Å². The zero-order valence-corrected chi connectivity index (χ0v) is 10.5. The zero-order chi connectivity index (χ0) is 14.1.